The van der Waals surface area contributed by atoms with E-state index >= 15 is 0 Å². The first-order valence-electron chi connectivity index (χ1n) is 11.3. The molecule has 5 rings (SSSR count). The molecule has 1 heterocycles. The van der Waals surface area contributed by atoms with Gasteiger partial charge < -0.3 is 9.15 Å². The monoisotopic (exact) mass is 452 g/mol. The van der Waals surface area contributed by atoms with Crippen LogP contribution in [0.1, 0.15) is 56.2 Å². The number of rotatable bonds is 4. The Morgan fingerprint density at radius 2 is 1.76 bits per heavy atom. The molecule has 0 bridgehead atoms. The van der Waals surface area contributed by atoms with Crippen LogP contribution >= 0.6 is 0 Å². The topological polar surface area (TPSA) is 80.9 Å². The van der Waals surface area contributed by atoms with Crippen LogP contribution in [0.3, 0.4) is 0 Å². The number of carbonyl (C=O) groups excluding carboxylic acids is 2. The lowest BCUT2D eigenvalue weighted by molar-refractivity contribution is 0.0698. The molecule has 0 saturated carbocycles. The molecule has 1 aliphatic rings. The highest BCUT2D eigenvalue weighted by Gasteiger charge is 2.29. The number of hydrazone groups is 1. The molecule has 6 heteroatoms. The molecular weight excluding hydrogens is 428 g/mol. The van der Waals surface area contributed by atoms with Gasteiger partial charge in [0.05, 0.1) is 5.71 Å². The maximum absolute atomic E-state index is 13.0. The lowest BCUT2D eigenvalue weighted by atomic mass is 9.93. The summed E-state index contributed by atoms with van der Waals surface area (Å²) in [5, 5.41) is 6.45. The molecule has 1 aromatic heterocycles. The lowest BCUT2D eigenvalue weighted by Gasteiger charge is -2.13. The number of nitrogens with one attached hydrogen (secondary N) is 1. The molecular formula is C28H24N2O4. The molecule has 0 fully saturated rings. The molecule has 0 radical (unpaired) electrons. The van der Waals surface area contributed by atoms with E-state index in [1.165, 1.54) is 0 Å². The zero-order valence-corrected chi connectivity index (χ0v) is 19.1. The number of esters is 1. The third kappa shape index (κ3) is 4.22. The highest BCUT2D eigenvalue weighted by atomic mass is 16.5. The number of hydrogen-bond donors (Lipinski definition) is 1. The van der Waals surface area contributed by atoms with Crippen molar-refractivity contribution in [3.8, 4) is 5.75 Å². The number of fused-ring (bicyclic) bond motifs is 2. The number of benzene rings is 3. The van der Waals surface area contributed by atoms with Crippen molar-refractivity contribution < 1.29 is 18.7 Å². The molecule has 0 atom stereocenters. The van der Waals surface area contributed by atoms with E-state index in [0.717, 1.165) is 28.3 Å². The van der Waals surface area contributed by atoms with E-state index in [0.29, 0.717) is 41.2 Å². The van der Waals surface area contributed by atoms with Gasteiger partial charge >= 0.3 is 5.97 Å². The Bertz CT molecular complexity index is 1450. The minimum atomic E-state index is -0.551. The number of hydrogen-bond acceptors (Lipinski definition) is 5. The van der Waals surface area contributed by atoms with E-state index < -0.39 is 5.97 Å². The van der Waals surface area contributed by atoms with Gasteiger partial charge in [0.2, 0.25) is 5.76 Å². The Hall–Kier alpha value is -4.19. The summed E-state index contributed by atoms with van der Waals surface area (Å²) >= 11 is 0. The minimum Gasteiger partial charge on any atom is -0.453 e. The van der Waals surface area contributed by atoms with E-state index in [4.69, 9.17) is 9.15 Å². The van der Waals surface area contributed by atoms with Crippen molar-refractivity contribution in [2.45, 2.75) is 33.1 Å². The molecule has 0 unspecified atom stereocenters. The molecule has 6 nitrogen and oxygen atoms in total. The first-order valence-corrected chi connectivity index (χ1v) is 11.3. The Balaban J connectivity index is 1.38. The van der Waals surface area contributed by atoms with Crippen LogP contribution in [0.5, 0.6) is 5.75 Å². The van der Waals surface area contributed by atoms with Crippen LogP contribution < -0.4 is 10.2 Å². The number of aryl methyl sites for hydroxylation is 2. The molecule has 4 aromatic rings. The molecule has 170 valence electrons. The lowest BCUT2D eigenvalue weighted by Crippen LogP contribution is -2.22. The fraction of sp³-hybridized carbons (Fsp3) is 0.179. The van der Waals surface area contributed by atoms with E-state index in [1.807, 2.05) is 68.4 Å². The van der Waals surface area contributed by atoms with Crippen LogP contribution in [0.25, 0.3) is 10.8 Å². The van der Waals surface area contributed by atoms with Crippen LogP contribution in [0.15, 0.2) is 76.2 Å². The van der Waals surface area contributed by atoms with E-state index in [-0.39, 0.29) is 11.7 Å². The van der Waals surface area contributed by atoms with Gasteiger partial charge in [0.1, 0.15) is 11.5 Å². The third-order valence-corrected chi connectivity index (χ3v) is 6.02. The Morgan fingerprint density at radius 3 is 2.59 bits per heavy atom. The smallest absolute Gasteiger partial charge is 0.379 e. The summed E-state index contributed by atoms with van der Waals surface area (Å²) in [7, 11) is 0. The minimum absolute atomic E-state index is 0.165. The summed E-state index contributed by atoms with van der Waals surface area (Å²) in [4.78, 5) is 25.5. The highest BCUT2D eigenvalue weighted by Crippen LogP contribution is 2.31. The van der Waals surface area contributed by atoms with Crippen molar-refractivity contribution in [3.63, 3.8) is 0 Å². The molecule has 3 aromatic carbocycles. The maximum Gasteiger partial charge on any atom is 0.379 e. The standard InChI is InChI=1S/C28H24N2O4/c1-17-7-5-10-21(15-17)27(31)30-29-23-11-6-12-24-25(23)18(2)26(34-24)28(32)33-22-14-13-19-8-3-4-9-20(19)16-22/h3-5,7-10,13-16H,6,11-12H2,1-2H3,(H,30,31)/b29-23+. The van der Waals surface area contributed by atoms with Crippen molar-refractivity contribution in [2.75, 3.05) is 0 Å². The van der Waals surface area contributed by atoms with Crippen molar-refractivity contribution in [1.29, 1.82) is 0 Å². The van der Waals surface area contributed by atoms with Gasteiger partial charge in [0.15, 0.2) is 0 Å². The van der Waals surface area contributed by atoms with Gasteiger partial charge in [-0.1, -0.05) is 48.0 Å². The highest BCUT2D eigenvalue weighted by molar-refractivity contribution is 6.07. The fourth-order valence-corrected chi connectivity index (χ4v) is 4.33. The SMILES string of the molecule is Cc1cccc(C(=O)N/N=C2\CCCc3oc(C(=O)Oc4ccc5ccccc5c4)c(C)c32)c1. The Labute approximate surface area is 197 Å². The van der Waals surface area contributed by atoms with Gasteiger partial charge in [-0.25, -0.2) is 10.2 Å². The number of nitrogens with zero attached hydrogens (tertiary/aromatic N) is 1. The van der Waals surface area contributed by atoms with Gasteiger partial charge in [-0.2, -0.15) is 5.10 Å². The molecule has 1 aliphatic carbocycles. The molecule has 0 aliphatic heterocycles. The van der Waals surface area contributed by atoms with Crippen LogP contribution in [-0.2, 0) is 6.42 Å². The summed E-state index contributed by atoms with van der Waals surface area (Å²) in [5.41, 5.74) is 6.35. The zero-order chi connectivity index (χ0) is 23.7. The summed E-state index contributed by atoms with van der Waals surface area (Å²) in [6, 6.07) is 20.7. The summed E-state index contributed by atoms with van der Waals surface area (Å²) in [6.07, 6.45) is 2.20. The number of carbonyl (C=O) groups is 2. The van der Waals surface area contributed by atoms with Crippen molar-refractivity contribution in [1.82, 2.24) is 5.43 Å². The second-order valence-electron chi connectivity index (χ2n) is 8.48. The number of ether oxygens (including phenoxy) is 1. The average molecular weight is 453 g/mol. The van der Waals surface area contributed by atoms with Crippen molar-refractivity contribution in [2.24, 2.45) is 5.10 Å². The maximum atomic E-state index is 13.0. The first kappa shape index (κ1) is 21.6. The first-order chi connectivity index (χ1) is 16.5. The van der Waals surface area contributed by atoms with Gasteiger partial charge in [0.25, 0.3) is 5.91 Å². The van der Waals surface area contributed by atoms with Gasteiger partial charge in [0, 0.05) is 23.1 Å². The van der Waals surface area contributed by atoms with Crippen LogP contribution in [0.4, 0.5) is 0 Å². The zero-order valence-electron chi connectivity index (χ0n) is 19.1. The van der Waals surface area contributed by atoms with E-state index in [2.05, 4.69) is 10.5 Å². The summed E-state index contributed by atoms with van der Waals surface area (Å²) in [5.74, 6) is 0.484. The van der Waals surface area contributed by atoms with Crippen LogP contribution in [-0.4, -0.2) is 17.6 Å². The average Bonchev–Trinajstić information content (AvgIpc) is 3.19. The summed E-state index contributed by atoms with van der Waals surface area (Å²) in [6.45, 7) is 3.76. The molecule has 34 heavy (non-hydrogen) atoms. The number of amides is 1. The second-order valence-corrected chi connectivity index (χ2v) is 8.48. The van der Waals surface area contributed by atoms with Gasteiger partial charge in [-0.05, 0) is 61.7 Å². The fourth-order valence-electron chi connectivity index (χ4n) is 4.33. The predicted octanol–water partition coefficient (Wildman–Crippen LogP) is 5.74. The Kier molecular flexibility index (Phi) is 5.72. The normalized spacial score (nSPS) is 14.1. The third-order valence-electron chi connectivity index (χ3n) is 6.02. The van der Waals surface area contributed by atoms with Gasteiger partial charge in [-0.15, -0.1) is 0 Å². The summed E-state index contributed by atoms with van der Waals surface area (Å²) < 4.78 is 11.6. The Morgan fingerprint density at radius 1 is 0.941 bits per heavy atom. The molecule has 1 amide bonds. The van der Waals surface area contributed by atoms with Crippen LogP contribution in [0, 0.1) is 13.8 Å². The second kappa shape index (κ2) is 8.98. The van der Waals surface area contributed by atoms with Crippen molar-refractivity contribution in [3.05, 3.63) is 101 Å². The van der Waals surface area contributed by atoms with E-state index in [9.17, 15) is 9.59 Å². The van der Waals surface area contributed by atoms with Crippen LogP contribution in [0.2, 0.25) is 0 Å². The predicted molar refractivity (Wildman–Crippen MR) is 130 cm³/mol. The number of furan rings is 1. The molecule has 0 spiro atoms. The van der Waals surface area contributed by atoms with Gasteiger partial charge in [-0.3, -0.25) is 4.79 Å². The molecule has 1 N–H and O–H groups in total. The van der Waals surface area contributed by atoms with E-state index in [1.54, 1.807) is 12.1 Å². The molecule has 0 saturated heterocycles. The van der Waals surface area contributed by atoms with Crippen molar-refractivity contribution >= 4 is 28.4 Å². The largest absolute Gasteiger partial charge is 0.453 e. The quantitative estimate of drug-likeness (QED) is 0.243.